The normalized spacial score (nSPS) is 12.1. The first-order chi connectivity index (χ1) is 16.5. The van der Waals surface area contributed by atoms with Crippen LogP contribution in [0.4, 0.5) is 10.5 Å². The topological polar surface area (TPSA) is 121 Å². The summed E-state index contributed by atoms with van der Waals surface area (Å²) in [5.74, 6) is 1.11. The third-order valence-electron chi connectivity index (χ3n) is 4.72. The van der Waals surface area contributed by atoms with Crippen molar-refractivity contribution in [2.24, 2.45) is 0 Å². The quantitative estimate of drug-likeness (QED) is 0.296. The first-order valence-corrected chi connectivity index (χ1v) is 12.6. The largest absolute Gasteiger partial charge is 0.491 e. The Morgan fingerprint density at radius 1 is 1.03 bits per heavy atom. The Kier molecular flexibility index (Phi) is 6.64. The van der Waals surface area contributed by atoms with Crippen molar-refractivity contribution in [3.8, 4) is 17.0 Å². The molecule has 0 bridgehead atoms. The van der Waals surface area contributed by atoms with Crippen LogP contribution in [0.3, 0.4) is 0 Å². The maximum absolute atomic E-state index is 12.1. The Hall–Kier alpha value is -3.70. The molecule has 2 aromatic carbocycles. The first kappa shape index (κ1) is 24.4. The highest BCUT2D eigenvalue weighted by Gasteiger charge is 2.17. The number of carbonyl (C=O) groups excluding carboxylic acids is 1. The Labute approximate surface area is 203 Å². The van der Waals surface area contributed by atoms with E-state index >= 15 is 0 Å². The zero-order valence-electron chi connectivity index (χ0n) is 19.8. The van der Waals surface area contributed by atoms with Gasteiger partial charge in [-0.1, -0.05) is 0 Å². The zero-order chi connectivity index (χ0) is 25.2. The molecular formula is C24H26N4O6S. The lowest BCUT2D eigenvalue weighted by molar-refractivity contribution is 0.0636. The third kappa shape index (κ3) is 6.46. The van der Waals surface area contributed by atoms with Crippen LogP contribution >= 0.6 is 0 Å². The van der Waals surface area contributed by atoms with Gasteiger partial charge in [-0.25, -0.2) is 14.8 Å². The lowest BCUT2D eigenvalue weighted by atomic mass is 10.1. The molecule has 0 radical (unpaired) electrons. The number of nitrogens with one attached hydrogen (secondary N) is 1. The minimum Gasteiger partial charge on any atom is -0.491 e. The van der Waals surface area contributed by atoms with Crippen LogP contribution in [0.1, 0.15) is 20.8 Å². The minimum absolute atomic E-state index is 0.0543. The number of aromatic nitrogens is 3. The molecule has 2 aromatic heterocycles. The Bertz CT molecular complexity index is 1470. The van der Waals surface area contributed by atoms with Gasteiger partial charge in [-0.05, 0) is 69.3 Å². The molecule has 10 nitrogen and oxygen atoms in total. The van der Waals surface area contributed by atoms with Gasteiger partial charge in [0.05, 0.1) is 23.0 Å². The van der Waals surface area contributed by atoms with Crippen LogP contribution in [0, 0.1) is 0 Å². The van der Waals surface area contributed by atoms with E-state index in [4.69, 9.17) is 9.47 Å². The predicted octanol–water partition coefficient (Wildman–Crippen LogP) is 4.25. The van der Waals surface area contributed by atoms with Gasteiger partial charge >= 0.3 is 6.09 Å². The van der Waals surface area contributed by atoms with Crippen molar-refractivity contribution in [1.82, 2.24) is 14.4 Å². The number of nitrogens with zero attached hydrogens (tertiary/aromatic N) is 3. The highest BCUT2D eigenvalue weighted by molar-refractivity contribution is 7.85. The van der Waals surface area contributed by atoms with Gasteiger partial charge in [0.25, 0.3) is 10.1 Å². The van der Waals surface area contributed by atoms with Crippen molar-refractivity contribution < 1.29 is 26.9 Å². The molecule has 0 aliphatic heterocycles. The number of rotatable bonds is 7. The summed E-state index contributed by atoms with van der Waals surface area (Å²) in [7, 11) is -3.48. The Balaban J connectivity index is 1.49. The number of amides is 1. The summed E-state index contributed by atoms with van der Waals surface area (Å²) in [6.07, 6.45) is 2.35. The molecule has 1 N–H and O–H groups in total. The molecule has 0 aliphatic rings. The fourth-order valence-corrected chi connectivity index (χ4v) is 3.70. The van der Waals surface area contributed by atoms with E-state index in [1.165, 1.54) is 0 Å². The Morgan fingerprint density at radius 2 is 1.77 bits per heavy atom. The smallest absolute Gasteiger partial charge is 0.412 e. The van der Waals surface area contributed by atoms with Gasteiger partial charge in [-0.3, -0.25) is 13.9 Å². The molecule has 0 unspecified atom stereocenters. The van der Waals surface area contributed by atoms with Crippen LogP contribution in [0.5, 0.6) is 5.75 Å². The van der Waals surface area contributed by atoms with Gasteiger partial charge < -0.3 is 9.47 Å². The summed E-state index contributed by atoms with van der Waals surface area (Å²) in [6, 6.07) is 14.6. The average Bonchev–Trinajstić information content (AvgIpc) is 3.12. The van der Waals surface area contributed by atoms with Crippen LogP contribution in [0.25, 0.3) is 28.1 Å². The van der Waals surface area contributed by atoms with E-state index in [1.807, 2.05) is 34.9 Å². The molecule has 0 aliphatic carbocycles. The fourth-order valence-electron chi connectivity index (χ4n) is 3.33. The molecule has 11 heteroatoms. The van der Waals surface area contributed by atoms with E-state index in [0.717, 1.165) is 23.0 Å². The summed E-state index contributed by atoms with van der Waals surface area (Å²) in [5, 5.41) is 2.72. The second kappa shape index (κ2) is 9.51. The third-order valence-corrected chi connectivity index (χ3v) is 5.31. The van der Waals surface area contributed by atoms with Gasteiger partial charge in [0, 0.05) is 17.4 Å². The molecular weight excluding hydrogens is 472 g/mol. The Morgan fingerprint density at radius 3 is 2.46 bits per heavy atom. The van der Waals surface area contributed by atoms with E-state index in [0.29, 0.717) is 22.7 Å². The molecule has 4 aromatic rings. The highest BCUT2D eigenvalue weighted by Crippen LogP contribution is 2.25. The second-order valence-corrected chi connectivity index (χ2v) is 10.5. The molecule has 4 rings (SSSR count). The van der Waals surface area contributed by atoms with Crippen LogP contribution < -0.4 is 10.1 Å². The zero-order valence-corrected chi connectivity index (χ0v) is 20.6. The van der Waals surface area contributed by atoms with Crippen LogP contribution in [0.15, 0.2) is 54.7 Å². The number of imidazole rings is 1. The fraction of sp³-hybridized carbons (Fsp3) is 0.292. The maximum atomic E-state index is 12.1. The molecule has 1 amide bonds. The average molecular weight is 499 g/mol. The van der Waals surface area contributed by atoms with Crippen LogP contribution in [-0.4, -0.2) is 54.0 Å². The van der Waals surface area contributed by atoms with Crippen molar-refractivity contribution in [2.75, 3.05) is 24.8 Å². The van der Waals surface area contributed by atoms with Crippen molar-refractivity contribution in [2.45, 2.75) is 26.4 Å². The van der Waals surface area contributed by atoms with Crippen LogP contribution in [0.2, 0.25) is 0 Å². The van der Waals surface area contributed by atoms with Crippen LogP contribution in [-0.2, 0) is 19.0 Å². The van der Waals surface area contributed by atoms with Gasteiger partial charge in [0.1, 0.15) is 24.6 Å². The van der Waals surface area contributed by atoms with Gasteiger partial charge in [-0.2, -0.15) is 8.42 Å². The van der Waals surface area contributed by atoms with Gasteiger partial charge in [-0.15, -0.1) is 0 Å². The lowest BCUT2D eigenvalue weighted by Crippen LogP contribution is -2.27. The maximum Gasteiger partial charge on any atom is 0.412 e. The second-order valence-electron chi connectivity index (χ2n) is 8.82. The number of hydrogen-bond acceptors (Lipinski definition) is 8. The van der Waals surface area contributed by atoms with E-state index in [1.54, 1.807) is 45.0 Å². The summed E-state index contributed by atoms with van der Waals surface area (Å²) < 4.78 is 39.3. The number of anilines is 1. The number of carbonyl (C=O) groups is 1. The molecule has 184 valence electrons. The van der Waals surface area contributed by atoms with Gasteiger partial charge in [0.2, 0.25) is 5.78 Å². The first-order valence-electron chi connectivity index (χ1n) is 10.8. The van der Waals surface area contributed by atoms with E-state index in [2.05, 4.69) is 19.5 Å². The van der Waals surface area contributed by atoms with Crippen molar-refractivity contribution in [3.05, 3.63) is 54.7 Å². The highest BCUT2D eigenvalue weighted by atomic mass is 32.2. The van der Waals surface area contributed by atoms with Crippen molar-refractivity contribution in [3.63, 3.8) is 0 Å². The standard InChI is InChI=1S/C24H26N4O6S/c1-24(2,3)34-23(29)25-17-7-10-21-20(15-17)27-22-26-19(11-12-28(21)22)16-5-8-18(9-6-16)32-13-14-33-35(4,30)31/h5-12,15H,13-14H2,1-4H3,(H,25,29). The number of fused-ring (bicyclic) bond motifs is 3. The molecule has 35 heavy (non-hydrogen) atoms. The molecule has 0 saturated carbocycles. The summed E-state index contributed by atoms with van der Waals surface area (Å²) in [6.45, 7) is 5.47. The summed E-state index contributed by atoms with van der Waals surface area (Å²) in [4.78, 5) is 21.3. The predicted molar refractivity (Wildman–Crippen MR) is 132 cm³/mol. The lowest BCUT2D eigenvalue weighted by Gasteiger charge is -2.19. The van der Waals surface area contributed by atoms with Crippen molar-refractivity contribution >= 4 is 38.7 Å². The monoisotopic (exact) mass is 498 g/mol. The van der Waals surface area contributed by atoms with E-state index in [-0.39, 0.29) is 13.2 Å². The molecule has 0 spiro atoms. The van der Waals surface area contributed by atoms with E-state index < -0.39 is 21.8 Å². The molecule has 0 fully saturated rings. The molecule has 0 saturated heterocycles. The number of benzene rings is 2. The summed E-state index contributed by atoms with van der Waals surface area (Å²) in [5.41, 5.74) is 3.12. The molecule has 0 atom stereocenters. The number of hydrogen-bond donors (Lipinski definition) is 1. The van der Waals surface area contributed by atoms with E-state index in [9.17, 15) is 13.2 Å². The molecule has 2 heterocycles. The minimum atomic E-state index is -3.48. The number of ether oxygens (including phenoxy) is 2. The SMILES string of the molecule is CC(C)(C)OC(=O)Nc1ccc2c(c1)nc1nc(-c3ccc(OCCOS(C)(=O)=O)cc3)ccn12. The van der Waals surface area contributed by atoms with Crippen molar-refractivity contribution in [1.29, 1.82) is 0 Å². The van der Waals surface area contributed by atoms with Gasteiger partial charge in [0.15, 0.2) is 0 Å². The summed E-state index contributed by atoms with van der Waals surface area (Å²) >= 11 is 0.